The number of carbonyl (C=O) groups excluding carboxylic acids is 1. The lowest BCUT2D eigenvalue weighted by atomic mass is 10.0. The SMILES string of the molecule is COc1cccc(CNC(=O)CC(C)CC(=O)O)c1. The summed E-state index contributed by atoms with van der Waals surface area (Å²) < 4.78 is 5.09. The number of carbonyl (C=O) groups is 2. The van der Waals surface area contributed by atoms with E-state index in [1.165, 1.54) is 0 Å². The quantitative estimate of drug-likeness (QED) is 0.788. The number of rotatable bonds is 7. The van der Waals surface area contributed by atoms with Crippen LogP contribution in [-0.4, -0.2) is 24.1 Å². The molecule has 1 atom stereocenters. The van der Waals surface area contributed by atoms with Crippen molar-refractivity contribution in [2.24, 2.45) is 5.92 Å². The monoisotopic (exact) mass is 265 g/mol. The van der Waals surface area contributed by atoms with Gasteiger partial charge in [-0.15, -0.1) is 0 Å². The molecule has 0 aliphatic heterocycles. The van der Waals surface area contributed by atoms with Gasteiger partial charge >= 0.3 is 5.97 Å². The average molecular weight is 265 g/mol. The van der Waals surface area contributed by atoms with Crippen molar-refractivity contribution in [3.05, 3.63) is 29.8 Å². The first-order chi connectivity index (χ1) is 9.01. The maximum Gasteiger partial charge on any atom is 0.303 e. The molecule has 0 radical (unpaired) electrons. The number of hydrogen-bond donors (Lipinski definition) is 2. The number of methoxy groups -OCH3 is 1. The molecule has 1 rings (SSSR count). The molecule has 1 amide bonds. The molecular formula is C14H19NO4. The molecule has 1 aromatic carbocycles. The van der Waals surface area contributed by atoms with Gasteiger partial charge in [-0.2, -0.15) is 0 Å². The molecule has 0 aliphatic rings. The van der Waals surface area contributed by atoms with E-state index in [0.717, 1.165) is 11.3 Å². The predicted molar refractivity (Wildman–Crippen MR) is 70.9 cm³/mol. The third-order valence-corrected chi connectivity index (χ3v) is 2.68. The summed E-state index contributed by atoms with van der Waals surface area (Å²) in [6, 6.07) is 7.43. The number of benzene rings is 1. The first kappa shape index (κ1) is 15.0. The molecule has 0 saturated carbocycles. The lowest BCUT2D eigenvalue weighted by Crippen LogP contribution is -2.25. The van der Waals surface area contributed by atoms with Crippen molar-refractivity contribution in [3.8, 4) is 5.75 Å². The zero-order valence-electron chi connectivity index (χ0n) is 11.2. The predicted octanol–water partition coefficient (Wildman–Crippen LogP) is 1.81. The van der Waals surface area contributed by atoms with E-state index in [1.54, 1.807) is 14.0 Å². The Morgan fingerprint density at radius 3 is 2.74 bits per heavy atom. The Hall–Kier alpha value is -2.04. The molecule has 0 aromatic heterocycles. The normalized spacial score (nSPS) is 11.7. The number of amides is 1. The van der Waals surface area contributed by atoms with E-state index in [0.29, 0.717) is 6.54 Å². The van der Waals surface area contributed by atoms with Crippen LogP contribution < -0.4 is 10.1 Å². The van der Waals surface area contributed by atoms with Gasteiger partial charge in [-0.25, -0.2) is 0 Å². The fourth-order valence-electron chi connectivity index (χ4n) is 1.74. The molecule has 0 bridgehead atoms. The lowest BCUT2D eigenvalue weighted by molar-refractivity contribution is -0.138. The summed E-state index contributed by atoms with van der Waals surface area (Å²) in [4.78, 5) is 22.1. The number of carboxylic acid groups (broad SMARTS) is 1. The third kappa shape index (κ3) is 5.90. The van der Waals surface area contributed by atoms with Crippen LogP contribution in [0.4, 0.5) is 0 Å². The molecule has 0 aliphatic carbocycles. The van der Waals surface area contributed by atoms with Gasteiger partial charge in [0.25, 0.3) is 0 Å². The molecule has 1 unspecified atom stereocenters. The number of ether oxygens (including phenoxy) is 1. The van der Waals surface area contributed by atoms with Crippen LogP contribution in [0.3, 0.4) is 0 Å². The number of carboxylic acids is 1. The third-order valence-electron chi connectivity index (χ3n) is 2.68. The topological polar surface area (TPSA) is 75.6 Å². The molecule has 0 fully saturated rings. The molecule has 19 heavy (non-hydrogen) atoms. The number of aliphatic carboxylic acids is 1. The van der Waals surface area contributed by atoms with E-state index in [9.17, 15) is 9.59 Å². The van der Waals surface area contributed by atoms with E-state index < -0.39 is 5.97 Å². The summed E-state index contributed by atoms with van der Waals surface area (Å²) in [7, 11) is 1.59. The van der Waals surface area contributed by atoms with Gasteiger partial charge in [-0.1, -0.05) is 19.1 Å². The summed E-state index contributed by atoms with van der Waals surface area (Å²) in [5.41, 5.74) is 0.943. The minimum atomic E-state index is -0.881. The molecule has 0 heterocycles. The van der Waals surface area contributed by atoms with Gasteiger partial charge in [0.05, 0.1) is 7.11 Å². The summed E-state index contributed by atoms with van der Waals surface area (Å²) in [6.07, 6.45) is 0.225. The highest BCUT2D eigenvalue weighted by molar-refractivity contribution is 5.77. The highest BCUT2D eigenvalue weighted by Crippen LogP contribution is 2.12. The maximum atomic E-state index is 11.6. The van der Waals surface area contributed by atoms with E-state index >= 15 is 0 Å². The van der Waals surface area contributed by atoms with Gasteiger partial charge in [0, 0.05) is 19.4 Å². The number of hydrogen-bond acceptors (Lipinski definition) is 3. The Kier molecular flexibility index (Phi) is 5.85. The van der Waals surface area contributed by atoms with Crippen LogP contribution in [0.15, 0.2) is 24.3 Å². The van der Waals surface area contributed by atoms with Gasteiger partial charge in [-0.3, -0.25) is 9.59 Å². The lowest BCUT2D eigenvalue weighted by Gasteiger charge is -2.10. The van der Waals surface area contributed by atoms with Crippen LogP contribution >= 0.6 is 0 Å². The van der Waals surface area contributed by atoms with Gasteiger partial charge in [-0.05, 0) is 23.6 Å². The second-order valence-corrected chi connectivity index (χ2v) is 4.54. The Bertz CT molecular complexity index is 445. The molecule has 5 nitrogen and oxygen atoms in total. The van der Waals surface area contributed by atoms with E-state index in [4.69, 9.17) is 9.84 Å². The fourth-order valence-corrected chi connectivity index (χ4v) is 1.74. The molecule has 1 aromatic rings. The van der Waals surface area contributed by atoms with E-state index in [-0.39, 0.29) is 24.7 Å². The van der Waals surface area contributed by atoms with Gasteiger partial charge in [0.2, 0.25) is 5.91 Å². The highest BCUT2D eigenvalue weighted by Gasteiger charge is 2.12. The van der Waals surface area contributed by atoms with E-state index in [1.807, 2.05) is 24.3 Å². The summed E-state index contributed by atoms with van der Waals surface area (Å²) >= 11 is 0. The van der Waals surface area contributed by atoms with Crippen LogP contribution in [0.2, 0.25) is 0 Å². The Morgan fingerprint density at radius 1 is 1.37 bits per heavy atom. The molecule has 0 spiro atoms. The van der Waals surface area contributed by atoms with Crippen LogP contribution in [0.1, 0.15) is 25.3 Å². The maximum absolute atomic E-state index is 11.6. The van der Waals surface area contributed by atoms with Crippen LogP contribution in [0.5, 0.6) is 5.75 Å². The summed E-state index contributed by atoms with van der Waals surface area (Å²) in [5.74, 6) is -0.446. The Morgan fingerprint density at radius 2 is 2.11 bits per heavy atom. The van der Waals surface area contributed by atoms with Crippen molar-refractivity contribution in [3.63, 3.8) is 0 Å². The first-order valence-corrected chi connectivity index (χ1v) is 6.12. The summed E-state index contributed by atoms with van der Waals surface area (Å²) in [6.45, 7) is 2.16. The average Bonchev–Trinajstić information content (AvgIpc) is 2.35. The molecule has 0 saturated heterocycles. The van der Waals surface area contributed by atoms with Crippen LogP contribution in [-0.2, 0) is 16.1 Å². The first-order valence-electron chi connectivity index (χ1n) is 6.12. The van der Waals surface area contributed by atoms with Gasteiger partial charge in [0.15, 0.2) is 0 Å². The summed E-state index contributed by atoms with van der Waals surface area (Å²) in [5, 5.41) is 11.4. The largest absolute Gasteiger partial charge is 0.497 e. The van der Waals surface area contributed by atoms with E-state index in [2.05, 4.69) is 5.32 Å². The van der Waals surface area contributed by atoms with Crippen molar-refractivity contribution < 1.29 is 19.4 Å². The van der Waals surface area contributed by atoms with Crippen molar-refractivity contribution in [1.82, 2.24) is 5.32 Å². The minimum absolute atomic E-state index is 0.00653. The highest BCUT2D eigenvalue weighted by atomic mass is 16.5. The van der Waals surface area contributed by atoms with Gasteiger partial charge < -0.3 is 15.2 Å². The molecular weight excluding hydrogens is 246 g/mol. The van der Waals surface area contributed by atoms with Crippen molar-refractivity contribution >= 4 is 11.9 Å². The zero-order valence-corrected chi connectivity index (χ0v) is 11.2. The second kappa shape index (κ2) is 7.41. The van der Waals surface area contributed by atoms with Crippen molar-refractivity contribution in [1.29, 1.82) is 0 Å². The fraction of sp³-hybridized carbons (Fsp3) is 0.429. The second-order valence-electron chi connectivity index (χ2n) is 4.54. The molecule has 2 N–H and O–H groups in total. The number of nitrogens with one attached hydrogen (secondary N) is 1. The molecule has 5 heteroatoms. The van der Waals surface area contributed by atoms with Gasteiger partial charge in [0.1, 0.15) is 5.75 Å². The van der Waals surface area contributed by atoms with Crippen LogP contribution in [0.25, 0.3) is 0 Å². The standard InChI is InChI=1S/C14H19NO4/c1-10(7-14(17)18)6-13(16)15-9-11-4-3-5-12(8-11)19-2/h3-5,8,10H,6-7,9H2,1-2H3,(H,15,16)(H,17,18). The minimum Gasteiger partial charge on any atom is -0.497 e. The van der Waals surface area contributed by atoms with Crippen LogP contribution in [0, 0.1) is 5.92 Å². The zero-order chi connectivity index (χ0) is 14.3. The van der Waals surface area contributed by atoms with Crippen molar-refractivity contribution in [2.45, 2.75) is 26.3 Å². The Balaban J connectivity index is 2.39. The smallest absolute Gasteiger partial charge is 0.303 e. The molecule has 104 valence electrons. The van der Waals surface area contributed by atoms with Crippen molar-refractivity contribution in [2.75, 3.05) is 7.11 Å². The Labute approximate surface area is 112 Å².